The summed E-state index contributed by atoms with van der Waals surface area (Å²) < 4.78 is 34.8. The average Bonchev–Trinajstić information content (AvgIpc) is 3.94. The van der Waals surface area contributed by atoms with Crippen LogP contribution in [0.3, 0.4) is 0 Å². The molecule has 0 amide bonds. The predicted molar refractivity (Wildman–Crippen MR) is 274 cm³/mol. The quantitative estimate of drug-likeness (QED) is 0.145. The summed E-state index contributed by atoms with van der Waals surface area (Å²) in [6, 6.07) is 78.8. The van der Waals surface area contributed by atoms with Gasteiger partial charge in [-0.25, -0.2) is 4.98 Å². The maximum Gasteiger partial charge on any atom is 0.137 e. The molecule has 0 N–H and O–H groups in total. The molecule has 1 aliphatic rings. The lowest BCUT2D eigenvalue weighted by Gasteiger charge is -2.27. The molecule has 5 heteroatoms. The molecular weight excluding hydrogens is 805 g/mol. The highest BCUT2D eigenvalue weighted by molar-refractivity contribution is 6.11. The van der Waals surface area contributed by atoms with E-state index in [4.69, 9.17) is 13.8 Å². The number of ether oxygens (including phenoxy) is 1. The fraction of sp³-hybridized carbons (Fsp3) is 0.0328. The van der Waals surface area contributed by atoms with E-state index < -0.39 is 6.85 Å². The third-order valence-electron chi connectivity index (χ3n) is 12.6. The smallest absolute Gasteiger partial charge is 0.137 e. The first-order valence-electron chi connectivity index (χ1n) is 23.7. The molecule has 0 atom stereocenters. The zero-order valence-corrected chi connectivity index (χ0v) is 35.9. The molecule has 9 aromatic carbocycles. The Morgan fingerprint density at radius 1 is 0.439 bits per heavy atom. The van der Waals surface area contributed by atoms with Gasteiger partial charge in [0.15, 0.2) is 0 Å². The van der Waals surface area contributed by atoms with Gasteiger partial charge in [-0.05, 0) is 94.8 Å². The number of benzene rings is 9. The van der Waals surface area contributed by atoms with Crippen molar-refractivity contribution >= 4 is 44.6 Å². The number of aryl methyl sites for hydroxylation is 1. The third kappa shape index (κ3) is 6.95. The van der Waals surface area contributed by atoms with Crippen LogP contribution in [0.5, 0.6) is 11.5 Å². The van der Waals surface area contributed by atoms with Crippen LogP contribution in [0.25, 0.3) is 72.1 Å². The summed E-state index contributed by atoms with van der Waals surface area (Å²) in [5.74, 6) is 1.83. The molecule has 2 aromatic heterocycles. The Hall–Kier alpha value is -8.67. The van der Waals surface area contributed by atoms with E-state index >= 15 is 0 Å². The van der Waals surface area contributed by atoms with Crippen molar-refractivity contribution in [2.75, 3.05) is 16.5 Å². The van der Waals surface area contributed by atoms with Crippen LogP contribution in [0.15, 0.2) is 237 Å². The van der Waals surface area contributed by atoms with Gasteiger partial charge in [-0.3, -0.25) is 4.57 Å². The average molecular weight is 852 g/mol. The molecule has 0 aliphatic carbocycles. The van der Waals surface area contributed by atoms with Gasteiger partial charge in [-0.1, -0.05) is 164 Å². The molecule has 5 nitrogen and oxygen atoms in total. The number of rotatable bonds is 9. The highest BCUT2D eigenvalue weighted by atomic mass is 16.5. The lowest BCUT2D eigenvalue weighted by atomic mass is 9.95. The second-order valence-corrected chi connectivity index (χ2v) is 16.6. The molecule has 0 bridgehead atoms. The van der Waals surface area contributed by atoms with Gasteiger partial charge in [0, 0.05) is 55.6 Å². The molecule has 12 rings (SSSR count). The van der Waals surface area contributed by atoms with E-state index in [1.807, 2.05) is 72.8 Å². The van der Waals surface area contributed by atoms with Gasteiger partial charge in [0.25, 0.3) is 0 Å². The van der Waals surface area contributed by atoms with E-state index in [-0.39, 0.29) is 5.56 Å². The van der Waals surface area contributed by atoms with Gasteiger partial charge in [0.2, 0.25) is 0 Å². The summed E-state index contributed by atoms with van der Waals surface area (Å²) in [7, 11) is 0. The number of para-hydroxylation sites is 3. The van der Waals surface area contributed by atoms with Crippen molar-refractivity contribution in [3.05, 3.63) is 242 Å². The van der Waals surface area contributed by atoms with Crippen LogP contribution >= 0.6 is 0 Å². The Balaban J connectivity index is 0.945. The number of nitrogens with zero attached hydrogens (tertiary/aromatic N) is 4. The number of aromatic nitrogens is 2. The molecule has 66 heavy (non-hydrogen) atoms. The molecular formula is C61H44N4O. The summed E-state index contributed by atoms with van der Waals surface area (Å²) in [4.78, 5) is 9.75. The van der Waals surface area contributed by atoms with Crippen molar-refractivity contribution in [2.24, 2.45) is 0 Å². The van der Waals surface area contributed by atoms with Gasteiger partial charge >= 0.3 is 0 Å². The number of fused-ring (bicyclic) bond motifs is 4. The largest absolute Gasteiger partial charge is 0.457 e. The summed E-state index contributed by atoms with van der Waals surface area (Å²) >= 11 is 0. The minimum atomic E-state index is -2.39. The normalized spacial score (nSPS) is 13.1. The monoisotopic (exact) mass is 851 g/mol. The highest BCUT2D eigenvalue weighted by Crippen LogP contribution is 2.50. The molecule has 3 heterocycles. The first kappa shape index (κ1) is 35.8. The van der Waals surface area contributed by atoms with Gasteiger partial charge in [-0.15, -0.1) is 0 Å². The number of anilines is 4. The molecule has 0 radical (unpaired) electrons. The van der Waals surface area contributed by atoms with Crippen molar-refractivity contribution in [1.82, 2.24) is 9.55 Å². The molecule has 0 spiro atoms. The summed E-state index contributed by atoms with van der Waals surface area (Å²) in [6.45, 7) is -1.80. The van der Waals surface area contributed by atoms with Crippen LogP contribution in [0.2, 0.25) is 0 Å². The fourth-order valence-electron chi connectivity index (χ4n) is 9.55. The Morgan fingerprint density at radius 3 is 1.70 bits per heavy atom. The van der Waals surface area contributed by atoms with Crippen molar-refractivity contribution in [1.29, 1.82) is 0 Å². The molecule has 1 aliphatic heterocycles. The summed E-state index contributed by atoms with van der Waals surface area (Å²) in [5.41, 5.74) is 14.5. The van der Waals surface area contributed by atoms with Gasteiger partial charge < -0.3 is 14.5 Å². The second-order valence-electron chi connectivity index (χ2n) is 16.6. The third-order valence-corrected chi connectivity index (χ3v) is 12.6. The maximum absolute atomic E-state index is 8.63. The van der Waals surface area contributed by atoms with Crippen molar-refractivity contribution < 1.29 is 8.85 Å². The lowest BCUT2D eigenvalue weighted by Crippen LogP contribution is -2.24. The van der Waals surface area contributed by atoms with Crippen LogP contribution in [-0.4, -0.2) is 16.2 Å². The standard InChI is InChI=1S/C61H44N4O/c1-42-36-60(62-40-55(42)46-24-12-5-13-25-46)65-56-35-32-47(43-18-6-2-7-19-43)37-54(56)53-34-33-50(39-59(53)65)66-49-27-16-26-48(38-49)63-41-64(58-31-15-14-30-57(58)63)61-51(44-20-8-3-9-21-44)28-17-29-52(61)45-22-10-4-11-23-45/h2-40H,41H2,1H3/i1D3. The Labute approximate surface area is 388 Å². The SMILES string of the molecule is [2H]C([2H])([2H])c1cc(-n2c3ccc(-c4ccccc4)cc3c3ccc(Oc4cccc(N5CN(c6c(-c7ccccc7)cccc6-c6ccccc6)c6ccccc65)c4)cc32)ncc1-c1ccccc1. The number of hydrogen-bond donors (Lipinski definition) is 0. The van der Waals surface area contributed by atoms with Crippen LogP contribution in [0, 0.1) is 6.85 Å². The van der Waals surface area contributed by atoms with E-state index in [1.165, 1.54) is 0 Å². The fourth-order valence-corrected chi connectivity index (χ4v) is 9.55. The van der Waals surface area contributed by atoms with Crippen molar-refractivity contribution in [3.8, 4) is 61.8 Å². The van der Waals surface area contributed by atoms with E-state index in [0.29, 0.717) is 29.5 Å². The van der Waals surface area contributed by atoms with E-state index in [1.54, 1.807) is 12.3 Å². The van der Waals surface area contributed by atoms with Crippen molar-refractivity contribution in [3.63, 3.8) is 0 Å². The van der Waals surface area contributed by atoms with E-state index in [9.17, 15) is 0 Å². The highest BCUT2D eigenvalue weighted by Gasteiger charge is 2.31. The van der Waals surface area contributed by atoms with E-state index in [2.05, 4.69) is 166 Å². The Morgan fingerprint density at radius 2 is 1.03 bits per heavy atom. The van der Waals surface area contributed by atoms with Crippen LogP contribution < -0.4 is 14.5 Å². The molecule has 314 valence electrons. The maximum atomic E-state index is 8.63. The molecule has 0 fully saturated rings. The topological polar surface area (TPSA) is 33.5 Å². The van der Waals surface area contributed by atoms with Crippen LogP contribution in [0.4, 0.5) is 22.7 Å². The molecule has 0 saturated heterocycles. The first-order valence-corrected chi connectivity index (χ1v) is 22.2. The molecule has 0 saturated carbocycles. The minimum absolute atomic E-state index is 0.237. The summed E-state index contributed by atoms with van der Waals surface area (Å²) in [6.07, 6.45) is 1.69. The zero-order valence-electron chi connectivity index (χ0n) is 38.9. The van der Waals surface area contributed by atoms with Gasteiger partial charge in [0.1, 0.15) is 24.0 Å². The van der Waals surface area contributed by atoms with Crippen LogP contribution in [-0.2, 0) is 0 Å². The van der Waals surface area contributed by atoms with Gasteiger partial charge in [-0.2, -0.15) is 0 Å². The molecule has 0 unspecified atom stereocenters. The summed E-state index contributed by atoms with van der Waals surface area (Å²) in [5, 5.41) is 2.01. The Kier molecular flexibility index (Phi) is 8.92. The molecule has 11 aromatic rings. The minimum Gasteiger partial charge on any atom is -0.457 e. The van der Waals surface area contributed by atoms with Crippen molar-refractivity contribution in [2.45, 2.75) is 6.85 Å². The lowest BCUT2D eigenvalue weighted by molar-refractivity contribution is 0.483. The first-order chi connectivity index (χ1) is 33.9. The van der Waals surface area contributed by atoms with E-state index in [0.717, 1.165) is 83.5 Å². The van der Waals surface area contributed by atoms with Gasteiger partial charge in [0.05, 0.1) is 28.1 Å². The second kappa shape index (κ2) is 16.5. The Bertz CT molecular complexity index is 3610. The predicted octanol–water partition coefficient (Wildman–Crippen LogP) is 16.2. The number of pyridine rings is 1. The van der Waals surface area contributed by atoms with Crippen LogP contribution in [0.1, 0.15) is 9.68 Å². The number of hydrogen-bond acceptors (Lipinski definition) is 4. The zero-order chi connectivity index (χ0) is 46.5.